The number of hydrogen-bond donors (Lipinski definition) is 1. The van der Waals surface area contributed by atoms with Crippen LogP contribution in [0, 0.1) is 0 Å². The topological polar surface area (TPSA) is 55.2 Å². The molecule has 62 valence electrons. The fourth-order valence-corrected chi connectivity index (χ4v) is 0.989. The molecule has 1 aromatic heterocycles. The molecule has 1 aromatic carbocycles. The lowest BCUT2D eigenvalue weighted by Gasteiger charge is -1.95. The van der Waals surface area contributed by atoms with Crippen molar-refractivity contribution < 1.29 is 13.3 Å². The number of aromatic nitrogens is 1. The summed E-state index contributed by atoms with van der Waals surface area (Å²) in [7, 11) is -2.51. The summed E-state index contributed by atoms with van der Waals surface area (Å²) in [4.78, 5) is 13.2. The van der Waals surface area contributed by atoms with Crippen molar-refractivity contribution >= 4 is 11.1 Å². The van der Waals surface area contributed by atoms with Crippen molar-refractivity contribution in [1.29, 1.82) is 0 Å². The zero-order valence-corrected chi connectivity index (χ0v) is 5.96. The van der Waals surface area contributed by atoms with Crippen molar-refractivity contribution in [1.82, 2.24) is 4.98 Å². The Balaban J connectivity index is 2.42. The molecule has 0 aliphatic rings. The number of H-pyrrole nitrogens is 1. The Hall–Kier alpha value is -1.71. The van der Waals surface area contributed by atoms with Crippen LogP contribution in [0.5, 0.6) is 5.75 Å². The van der Waals surface area contributed by atoms with Gasteiger partial charge in [0.1, 0.15) is 5.75 Å². The van der Waals surface area contributed by atoms with E-state index < -0.39 is 12.8 Å². The summed E-state index contributed by atoms with van der Waals surface area (Å²) in [5.74, 6) is -0.457. The van der Waals surface area contributed by atoms with Crippen molar-refractivity contribution in [3.63, 3.8) is 0 Å². The monoisotopic (exact) mass is 168 g/mol. The Morgan fingerprint density at radius 3 is 3.42 bits per heavy atom. The third kappa shape index (κ3) is 0.972. The fourth-order valence-electron chi connectivity index (χ4n) is 0.989. The number of ether oxygens (including phenoxy) is 1. The number of aromatic amines is 1. The molecule has 0 amide bonds. The number of methoxy groups -OCH3 is 1. The first-order valence-corrected chi connectivity index (χ1v) is 3.26. The van der Waals surface area contributed by atoms with Crippen molar-refractivity contribution in [2.24, 2.45) is 0 Å². The van der Waals surface area contributed by atoms with Gasteiger partial charge in [0.2, 0.25) is 0 Å². The summed E-state index contributed by atoms with van der Waals surface area (Å²) in [5.41, 5.74) is 0.764. The summed E-state index contributed by atoms with van der Waals surface area (Å²) in [6, 6.07) is 4.31. The average molecular weight is 168 g/mol. The van der Waals surface area contributed by atoms with Crippen LogP contribution >= 0.6 is 0 Å². The molecule has 0 unspecified atom stereocenters. The third-order valence-electron chi connectivity index (χ3n) is 1.51. The standard InChI is InChI=1S/C8H7NO3/c1-11-5-2-3-6-7(4-5)12-8(10)9-6/h2-4H,1H3,(H,9,10)/i1D3. The quantitative estimate of drug-likeness (QED) is 0.694. The minimum atomic E-state index is -2.51. The average Bonchev–Trinajstić information content (AvgIpc) is 2.40. The van der Waals surface area contributed by atoms with E-state index in [1.54, 1.807) is 0 Å². The maximum Gasteiger partial charge on any atom is 0.417 e. The Kier molecular flexibility index (Phi) is 0.872. The first-order chi connectivity index (χ1) is 6.94. The highest BCUT2D eigenvalue weighted by Gasteiger charge is 2.00. The summed E-state index contributed by atoms with van der Waals surface area (Å²) in [6.45, 7) is 0. The molecule has 12 heavy (non-hydrogen) atoms. The van der Waals surface area contributed by atoms with Gasteiger partial charge in [-0.1, -0.05) is 0 Å². The molecule has 2 rings (SSSR count). The Morgan fingerprint density at radius 1 is 1.67 bits per heavy atom. The molecule has 1 N–H and O–H groups in total. The Bertz CT molecular complexity index is 540. The number of nitrogens with one attached hydrogen (secondary N) is 1. The fraction of sp³-hybridized carbons (Fsp3) is 0.125. The number of benzene rings is 1. The lowest BCUT2D eigenvalue weighted by Crippen LogP contribution is -1.92. The van der Waals surface area contributed by atoms with Gasteiger partial charge in [0.15, 0.2) is 5.58 Å². The Morgan fingerprint density at radius 2 is 2.58 bits per heavy atom. The van der Waals surface area contributed by atoms with E-state index in [4.69, 9.17) is 8.53 Å². The molecule has 0 fully saturated rings. The van der Waals surface area contributed by atoms with E-state index in [9.17, 15) is 4.79 Å². The molecule has 0 aliphatic carbocycles. The maximum absolute atomic E-state index is 10.8. The molecule has 4 heteroatoms. The molecule has 0 saturated heterocycles. The second-order valence-electron chi connectivity index (χ2n) is 2.27. The van der Waals surface area contributed by atoms with Crippen molar-refractivity contribution in [3.05, 3.63) is 28.7 Å². The summed E-state index contributed by atoms with van der Waals surface area (Å²) in [5, 5.41) is 0. The SMILES string of the molecule is [2H]C([2H])([2H])Oc1ccc2[nH]c(=O)oc2c1. The molecule has 4 nitrogen and oxygen atoms in total. The number of hydrogen-bond acceptors (Lipinski definition) is 3. The second kappa shape index (κ2) is 2.41. The van der Waals surface area contributed by atoms with Crippen LogP contribution < -0.4 is 10.5 Å². The van der Waals surface area contributed by atoms with E-state index in [1.807, 2.05) is 0 Å². The van der Waals surface area contributed by atoms with Gasteiger partial charge in [-0.2, -0.15) is 0 Å². The van der Waals surface area contributed by atoms with E-state index in [0.29, 0.717) is 5.52 Å². The highest BCUT2D eigenvalue weighted by Crippen LogP contribution is 2.17. The predicted octanol–water partition coefficient (Wildman–Crippen LogP) is 1.13. The van der Waals surface area contributed by atoms with Crippen LogP contribution in [0.1, 0.15) is 4.11 Å². The minimum absolute atomic E-state index is 0.130. The van der Waals surface area contributed by atoms with Gasteiger partial charge in [0.25, 0.3) is 0 Å². The van der Waals surface area contributed by atoms with Gasteiger partial charge in [-0.05, 0) is 12.1 Å². The predicted molar refractivity (Wildman–Crippen MR) is 43.4 cm³/mol. The molecule has 0 bridgehead atoms. The van der Waals surface area contributed by atoms with Gasteiger partial charge in [-0.3, -0.25) is 4.98 Å². The highest BCUT2D eigenvalue weighted by atomic mass is 16.5. The van der Waals surface area contributed by atoms with E-state index >= 15 is 0 Å². The molecule has 0 spiro atoms. The number of fused-ring (bicyclic) bond motifs is 1. The van der Waals surface area contributed by atoms with Crippen molar-refractivity contribution in [3.8, 4) is 5.75 Å². The largest absolute Gasteiger partial charge is 0.497 e. The lowest BCUT2D eigenvalue weighted by atomic mass is 10.3. The van der Waals surface area contributed by atoms with Gasteiger partial charge in [-0.15, -0.1) is 0 Å². The van der Waals surface area contributed by atoms with Gasteiger partial charge in [0.05, 0.1) is 16.7 Å². The minimum Gasteiger partial charge on any atom is -0.497 e. The van der Waals surface area contributed by atoms with Crippen LogP contribution in [0.2, 0.25) is 0 Å². The van der Waals surface area contributed by atoms with E-state index in [-0.39, 0.29) is 11.3 Å². The zero-order valence-electron chi connectivity index (χ0n) is 8.96. The maximum atomic E-state index is 10.8. The van der Waals surface area contributed by atoms with E-state index in [0.717, 1.165) is 0 Å². The van der Waals surface area contributed by atoms with Gasteiger partial charge >= 0.3 is 5.76 Å². The summed E-state index contributed by atoms with van der Waals surface area (Å²) < 4.78 is 30.1. The molecule has 0 saturated carbocycles. The normalized spacial score (nSPS) is 15.2. The smallest absolute Gasteiger partial charge is 0.417 e. The molecule has 0 radical (unpaired) electrons. The lowest BCUT2D eigenvalue weighted by molar-refractivity contribution is 0.414. The van der Waals surface area contributed by atoms with E-state index in [1.165, 1.54) is 18.2 Å². The molecule has 0 atom stereocenters. The summed E-state index contributed by atoms with van der Waals surface area (Å²) in [6.07, 6.45) is 0. The van der Waals surface area contributed by atoms with Crippen LogP contribution in [0.15, 0.2) is 27.4 Å². The molecule has 2 aromatic rings. The van der Waals surface area contributed by atoms with Gasteiger partial charge < -0.3 is 9.15 Å². The molecular weight excluding hydrogens is 158 g/mol. The van der Waals surface area contributed by atoms with Crippen LogP contribution in [-0.2, 0) is 0 Å². The van der Waals surface area contributed by atoms with Gasteiger partial charge in [0, 0.05) is 6.07 Å². The third-order valence-corrected chi connectivity index (χ3v) is 1.51. The second-order valence-corrected chi connectivity index (χ2v) is 2.27. The molecule has 0 aliphatic heterocycles. The summed E-state index contributed by atoms with van der Waals surface area (Å²) >= 11 is 0. The van der Waals surface area contributed by atoms with Crippen LogP contribution in [0.3, 0.4) is 0 Å². The molecule has 1 heterocycles. The van der Waals surface area contributed by atoms with E-state index in [2.05, 4.69) is 9.72 Å². The van der Waals surface area contributed by atoms with Gasteiger partial charge in [-0.25, -0.2) is 4.79 Å². The van der Waals surface area contributed by atoms with Crippen LogP contribution in [0.4, 0.5) is 0 Å². The Labute approximate surface area is 72.0 Å². The number of rotatable bonds is 1. The molecular formula is C8H7NO3. The van der Waals surface area contributed by atoms with Crippen LogP contribution in [-0.4, -0.2) is 12.0 Å². The highest BCUT2D eigenvalue weighted by molar-refractivity contribution is 5.73. The van der Waals surface area contributed by atoms with Crippen LogP contribution in [0.25, 0.3) is 11.1 Å². The zero-order chi connectivity index (χ0) is 11.1. The first-order valence-electron chi connectivity index (χ1n) is 4.76. The first kappa shape index (κ1) is 4.35. The van der Waals surface area contributed by atoms with Crippen molar-refractivity contribution in [2.75, 3.05) is 7.04 Å². The van der Waals surface area contributed by atoms with Crippen molar-refractivity contribution in [2.45, 2.75) is 0 Å². The number of oxazole rings is 1.